The van der Waals surface area contributed by atoms with Crippen molar-refractivity contribution in [1.82, 2.24) is 15.3 Å². The highest BCUT2D eigenvalue weighted by atomic mass is 32.1. The molecule has 1 amide bonds. The van der Waals surface area contributed by atoms with Crippen LogP contribution in [0.5, 0.6) is 0 Å². The number of hydrogen-bond donors (Lipinski definition) is 3. The Bertz CT molecular complexity index is 1090. The summed E-state index contributed by atoms with van der Waals surface area (Å²) in [7, 11) is 1.38. The molecule has 0 spiro atoms. The number of aromatic amines is 1. The van der Waals surface area contributed by atoms with Crippen molar-refractivity contribution >= 4 is 34.2 Å². The van der Waals surface area contributed by atoms with E-state index >= 15 is 0 Å². The zero-order valence-electron chi connectivity index (χ0n) is 15.3. The van der Waals surface area contributed by atoms with Gasteiger partial charge in [-0.1, -0.05) is 6.92 Å². The third kappa shape index (κ3) is 3.06. The average Bonchev–Trinajstić information content (AvgIpc) is 3.29. The number of nitrogens with one attached hydrogen (secondary N) is 2. The molecule has 7 nitrogen and oxygen atoms in total. The number of ether oxygens (including phenoxy) is 1. The van der Waals surface area contributed by atoms with Gasteiger partial charge in [-0.05, 0) is 36.7 Å². The summed E-state index contributed by atoms with van der Waals surface area (Å²) in [6, 6.07) is 4.26. The highest BCUT2D eigenvalue weighted by Gasteiger charge is 2.32. The lowest BCUT2D eigenvalue weighted by atomic mass is 9.94. The molecule has 4 N–H and O–H groups in total. The summed E-state index contributed by atoms with van der Waals surface area (Å²) in [6.07, 6.45) is 0.831. The number of methoxy groups -OCH3 is 1. The van der Waals surface area contributed by atoms with Crippen molar-refractivity contribution in [1.29, 1.82) is 0 Å². The molecule has 0 fully saturated rings. The number of fused-ring (bicyclic) bond motifs is 2. The Hall–Kier alpha value is -2.78. The number of primary amides is 1. The summed E-state index contributed by atoms with van der Waals surface area (Å²) >= 11 is 1.51. The van der Waals surface area contributed by atoms with E-state index in [0.717, 1.165) is 34.3 Å². The van der Waals surface area contributed by atoms with E-state index < -0.39 is 11.7 Å². The fourth-order valence-electron chi connectivity index (χ4n) is 3.59. The van der Waals surface area contributed by atoms with Gasteiger partial charge in [0.05, 0.1) is 35.0 Å². The number of imidazole rings is 1. The fourth-order valence-corrected chi connectivity index (χ4v) is 4.92. The van der Waals surface area contributed by atoms with Crippen LogP contribution < -0.4 is 11.1 Å². The summed E-state index contributed by atoms with van der Waals surface area (Å²) < 4.78 is 18.7. The Balaban J connectivity index is 1.78. The van der Waals surface area contributed by atoms with Crippen molar-refractivity contribution in [3.05, 3.63) is 40.0 Å². The summed E-state index contributed by atoms with van der Waals surface area (Å²) in [5.74, 6) is -1.36. The van der Waals surface area contributed by atoms with Crippen LogP contribution in [0, 0.1) is 11.7 Å². The van der Waals surface area contributed by atoms with E-state index in [4.69, 9.17) is 10.5 Å². The van der Waals surface area contributed by atoms with E-state index in [2.05, 4.69) is 15.3 Å². The van der Waals surface area contributed by atoms with Crippen LogP contribution in [0.2, 0.25) is 0 Å². The van der Waals surface area contributed by atoms with Gasteiger partial charge in [-0.2, -0.15) is 0 Å². The molecule has 1 aliphatic rings. The van der Waals surface area contributed by atoms with Crippen LogP contribution in [-0.2, 0) is 16.0 Å². The van der Waals surface area contributed by atoms with E-state index in [1.807, 2.05) is 13.0 Å². The van der Waals surface area contributed by atoms with Crippen molar-refractivity contribution in [2.45, 2.75) is 19.4 Å². The molecule has 1 aliphatic heterocycles. The molecule has 0 saturated carbocycles. The van der Waals surface area contributed by atoms with Gasteiger partial charge in [0.15, 0.2) is 0 Å². The van der Waals surface area contributed by atoms with Crippen LogP contribution in [0.4, 0.5) is 4.39 Å². The predicted octanol–water partition coefficient (Wildman–Crippen LogP) is 2.53. The van der Waals surface area contributed by atoms with Gasteiger partial charge in [0, 0.05) is 4.88 Å². The van der Waals surface area contributed by atoms with Crippen LogP contribution in [0.1, 0.15) is 33.8 Å². The second kappa shape index (κ2) is 6.99. The highest BCUT2D eigenvalue weighted by molar-refractivity contribution is 7.15. The van der Waals surface area contributed by atoms with E-state index in [0.29, 0.717) is 16.9 Å². The first-order valence-electron chi connectivity index (χ1n) is 8.82. The van der Waals surface area contributed by atoms with Crippen LogP contribution in [0.3, 0.4) is 0 Å². The number of amides is 1. The number of aromatic nitrogens is 2. The lowest BCUT2D eigenvalue weighted by Crippen LogP contribution is -2.36. The summed E-state index contributed by atoms with van der Waals surface area (Å²) in [5, 5.41) is 3.38. The Morgan fingerprint density at radius 3 is 2.89 bits per heavy atom. The molecule has 3 aromatic rings. The zero-order chi connectivity index (χ0) is 20.0. The van der Waals surface area contributed by atoms with Gasteiger partial charge < -0.3 is 20.8 Å². The van der Waals surface area contributed by atoms with E-state index in [9.17, 15) is 14.0 Å². The number of esters is 1. The lowest BCUT2D eigenvalue weighted by Gasteiger charge is -2.27. The van der Waals surface area contributed by atoms with Gasteiger partial charge in [-0.15, -0.1) is 11.3 Å². The molecule has 28 heavy (non-hydrogen) atoms. The Labute approximate surface area is 164 Å². The molecule has 146 valence electrons. The molecule has 2 atom stereocenters. The van der Waals surface area contributed by atoms with Crippen molar-refractivity contribution in [3.8, 4) is 10.7 Å². The highest BCUT2D eigenvalue weighted by Crippen LogP contribution is 2.39. The van der Waals surface area contributed by atoms with Gasteiger partial charge in [0.1, 0.15) is 17.2 Å². The summed E-state index contributed by atoms with van der Waals surface area (Å²) in [5.41, 5.74) is 7.29. The van der Waals surface area contributed by atoms with Gasteiger partial charge in [0.2, 0.25) is 0 Å². The van der Waals surface area contributed by atoms with Crippen LogP contribution in [-0.4, -0.2) is 35.5 Å². The number of carbonyl (C=O) groups is 2. The lowest BCUT2D eigenvalue weighted by molar-refractivity contribution is -0.145. The molecular formula is C19H19FN4O3S. The van der Waals surface area contributed by atoms with Gasteiger partial charge in [-0.3, -0.25) is 9.59 Å². The number of rotatable bonds is 4. The number of nitrogens with zero attached hydrogens (tertiary/aromatic N) is 1. The number of thiophene rings is 1. The summed E-state index contributed by atoms with van der Waals surface area (Å²) in [6.45, 7) is 2.59. The van der Waals surface area contributed by atoms with E-state index in [1.165, 1.54) is 24.5 Å². The number of H-pyrrole nitrogens is 1. The number of benzene rings is 1. The largest absolute Gasteiger partial charge is 0.469 e. The molecule has 4 rings (SSSR count). The third-order valence-corrected chi connectivity index (χ3v) is 6.27. The fraction of sp³-hybridized carbons (Fsp3) is 0.316. The normalized spacial score (nSPS) is 17.3. The minimum absolute atomic E-state index is 0.0395. The van der Waals surface area contributed by atoms with Gasteiger partial charge >= 0.3 is 5.97 Å². The molecule has 3 heterocycles. The molecule has 0 bridgehead atoms. The van der Waals surface area contributed by atoms with Crippen molar-refractivity contribution in [2.75, 3.05) is 13.7 Å². The number of carbonyl (C=O) groups excluding carboxylic acids is 2. The standard InChI is InChI=1S/C19H19FN4O3S/c1-8(19(26)27-2)14-16-9(3-4-22-14)5-13(28-16)18-23-12-7-10(20)6-11(17(21)25)15(12)24-18/h5-8,14,22H,3-4H2,1-2H3,(H2,21,25)(H,23,24). The maximum absolute atomic E-state index is 13.8. The maximum atomic E-state index is 13.8. The second-order valence-electron chi connectivity index (χ2n) is 6.79. The van der Waals surface area contributed by atoms with Crippen molar-refractivity contribution in [2.24, 2.45) is 11.7 Å². The van der Waals surface area contributed by atoms with Crippen LogP contribution in [0.15, 0.2) is 18.2 Å². The number of hydrogen-bond acceptors (Lipinski definition) is 6. The Kier molecular flexibility index (Phi) is 4.64. The second-order valence-corrected chi connectivity index (χ2v) is 7.88. The molecule has 2 aromatic heterocycles. The smallest absolute Gasteiger partial charge is 0.310 e. The minimum atomic E-state index is -0.732. The average molecular weight is 402 g/mol. The Morgan fingerprint density at radius 2 is 2.18 bits per heavy atom. The molecule has 0 radical (unpaired) electrons. The first-order valence-corrected chi connectivity index (χ1v) is 9.64. The van der Waals surface area contributed by atoms with Crippen molar-refractivity contribution in [3.63, 3.8) is 0 Å². The topological polar surface area (TPSA) is 110 Å². The van der Waals surface area contributed by atoms with Crippen molar-refractivity contribution < 1.29 is 18.7 Å². The first-order chi connectivity index (χ1) is 13.4. The third-order valence-electron chi connectivity index (χ3n) is 5.01. The van der Waals surface area contributed by atoms with Gasteiger partial charge in [0.25, 0.3) is 5.91 Å². The molecule has 9 heteroatoms. The SMILES string of the molecule is COC(=O)C(C)C1NCCc2cc(-c3nc4c(C(N)=O)cc(F)cc4[nH]3)sc21. The maximum Gasteiger partial charge on any atom is 0.310 e. The van der Waals surface area contributed by atoms with Crippen LogP contribution >= 0.6 is 11.3 Å². The quantitative estimate of drug-likeness (QED) is 0.581. The molecule has 2 unspecified atom stereocenters. The van der Waals surface area contributed by atoms with Gasteiger partial charge in [-0.25, -0.2) is 9.37 Å². The Morgan fingerprint density at radius 1 is 1.39 bits per heavy atom. The number of halogens is 1. The summed E-state index contributed by atoms with van der Waals surface area (Å²) in [4.78, 5) is 33.1. The monoisotopic (exact) mass is 402 g/mol. The molecular weight excluding hydrogens is 383 g/mol. The van der Waals surface area contributed by atoms with Crippen LogP contribution in [0.25, 0.3) is 21.7 Å². The first kappa shape index (κ1) is 18.6. The van der Waals surface area contributed by atoms with E-state index in [-0.39, 0.29) is 23.5 Å². The number of nitrogens with two attached hydrogens (primary N) is 1. The van der Waals surface area contributed by atoms with E-state index in [1.54, 1.807) is 0 Å². The predicted molar refractivity (Wildman–Crippen MR) is 104 cm³/mol. The zero-order valence-corrected chi connectivity index (χ0v) is 16.2. The minimum Gasteiger partial charge on any atom is -0.469 e. The molecule has 1 aromatic carbocycles. The molecule has 0 saturated heterocycles. The molecule has 0 aliphatic carbocycles.